The molecular formula is C18H26F3NOS. The van der Waals surface area contributed by atoms with Crippen molar-refractivity contribution < 1.29 is 17.9 Å². The van der Waals surface area contributed by atoms with E-state index in [1.165, 1.54) is 24.3 Å². The quantitative estimate of drug-likeness (QED) is 0.683. The van der Waals surface area contributed by atoms with Gasteiger partial charge in [-0.05, 0) is 68.5 Å². The summed E-state index contributed by atoms with van der Waals surface area (Å²) in [7, 11) is 0. The topological polar surface area (TPSA) is 12.5 Å². The molecule has 0 saturated carbocycles. The van der Waals surface area contributed by atoms with Gasteiger partial charge in [0, 0.05) is 13.1 Å². The van der Waals surface area contributed by atoms with Crippen molar-refractivity contribution in [2.45, 2.75) is 39.0 Å². The molecule has 1 fully saturated rings. The molecule has 2 nitrogen and oxygen atoms in total. The SMILES string of the molecule is CCSCC1CCN(CC(C)(C)Oc2ccc(C(F)(F)F)cc2)C1. The van der Waals surface area contributed by atoms with Crippen molar-refractivity contribution in [2.24, 2.45) is 5.92 Å². The summed E-state index contributed by atoms with van der Waals surface area (Å²) >= 11 is 1.98. The molecule has 1 unspecified atom stereocenters. The number of ether oxygens (including phenoxy) is 1. The van der Waals surface area contributed by atoms with Gasteiger partial charge in [0.25, 0.3) is 0 Å². The Bertz CT molecular complexity index is 516. The van der Waals surface area contributed by atoms with Gasteiger partial charge in [-0.15, -0.1) is 0 Å². The van der Waals surface area contributed by atoms with Crippen molar-refractivity contribution >= 4 is 11.8 Å². The molecule has 2 rings (SSSR count). The fraction of sp³-hybridized carbons (Fsp3) is 0.667. The van der Waals surface area contributed by atoms with Crippen LogP contribution >= 0.6 is 11.8 Å². The second-order valence-electron chi connectivity index (χ2n) is 6.93. The van der Waals surface area contributed by atoms with E-state index in [9.17, 15) is 13.2 Å². The molecule has 1 atom stereocenters. The Morgan fingerprint density at radius 1 is 1.21 bits per heavy atom. The van der Waals surface area contributed by atoms with E-state index >= 15 is 0 Å². The highest BCUT2D eigenvalue weighted by Crippen LogP contribution is 2.31. The number of nitrogens with zero attached hydrogens (tertiary/aromatic N) is 1. The first-order valence-corrected chi connectivity index (χ1v) is 9.51. The van der Waals surface area contributed by atoms with Crippen LogP contribution in [0.2, 0.25) is 0 Å². The molecule has 0 aliphatic carbocycles. The van der Waals surface area contributed by atoms with E-state index in [0.717, 1.165) is 43.4 Å². The number of halogens is 3. The van der Waals surface area contributed by atoms with Crippen LogP contribution in [0.4, 0.5) is 13.2 Å². The fourth-order valence-corrected chi connectivity index (χ4v) is 3.92. The zero-order valence-corrected chi connectivity index (χ0v) is 15.3. The van der Waals surface area contributed by atoms with E-state index in [4.69, 9.17) is 4.74 Å². The van der Waals surface area contributed by atoms with Crippen LogP contribution in [0.3, 0.4) is 0 Å². The smallest absolute Gasteiger partial charge is 0.416 e. The molecule has 6 heteroatoms. The normalized spacial score (nSPS) is 19.7. The highest BCUT2D eigenvalue weighted by Gasteiger charge is 2.31. The number of hydrogen-bond donors (Lipinski definition) is 0. The molecule has 24 heavy (non-hydrogen) atoms. The molecule has 136 valence electrons. The summed E-state index contributed by atoms with van der Waals surface area (Å²) < 4.78 is 43.7. The first-order chi connectivity index (χ1) is 11.2. The Kier molecular flexibility index (Phi) is 6.48. The lowest BCUT2D eigenvalue weighted by atomic mass is 10.1. The third-order valence-electron chi connectivity index (χ3n) is 4.11. The van der Waals surface area contributed by atoms with Crippen LogP contribution in [0, 0.1) is 5.92 Å². The van der Waals surface area contributed by atoms with Crippen molar-refractivity contribution in [2.75, 3.05) is 31.1 Å². The van der Waals surface area contributed by atoms with Gasteiger partial charge in [-0.2, -0.15) is 24.9 Å². The number of thioether (sulfide) groups is 1. The molecule has 0 aromatic heterocycles. The first-order valence-electron chi connectivity index (χ1n) is 8.36. The van der Waals surface area contributed by atoms with Crippen molar-refractivity contribution in [3.8, 4) is 5.75 Å². The van der Waals surface area contributed by atoms with Crippen LogP contribution in [-0.4, -0.2) is 41.6 Å². The lowest BCUT2D eigenvalue weighted by molar-refractivity contribution is -0.137. The molecule has 0 spiro atoms. The van der Waals surface area contributed by atoms with Gasteiger partial charge in [0.15, 0.2) is 0 Å². The van der Waals surface area contributed by atoms with Gasteiger partial charge < -0.3 is 4.74 Å². The average molecular weight is 361 g/mol. The highest BCUT2D eigenvalue weighted by atomic mass is 32.2. The van der Waals surface area contributed by atoms with Crippen LogP contribution in [0.15, 0.2) is 24.3 Å². The van der Waals surface area contributed by atoms with E-state index in [-0.39, 0.29) is 0 Å². The summed E-state index contributed by atoms with van der Waals surface area (Å²) in [6, 6.07) is 4.93. The Balaban J connectivity index is 1.87. The molecule has 1 heterocycles. The van der Waals surface area contributed by atoms with Gasteiger partial charge in [-0.1, -0.05) is 6.92 Å². The van der Waals surface area contributed by atoms with Crippen molar-refractivity contribution in [1.82, 2.24) is 4.90 Å². The van der Waals surface area contributed by atoms with Crippen LogP contribution in [0.5, 0.6) is 5.75 Å². The monoisotopic (exact) mass is 361 g/mol. The summed E-state index contributed by atoms with van der Waals surface area (Å²) in [5.41, 5.74) is -1.09. The summed E-state index contributed by atoms with van der Waals surface area (Å²) in [4.78, 5) is 2.39. The molecule has 1 saturated heterocycles. The maximum absolute atomic E-state index is 12.6. The molecule has 1 aromatic rings. The third kappa shape index (κ3) is 5.88. The second kappa shape index (κ2) is 8.00. The average Bonchev–Trinajstić information content (AvgIpc) is 2.90. The largest absolute Gasteiger partial charge is 0.487 e. The maximum Gasteiger partial charge on any atom is 0.416 e. The molecular weight excluding hydrogens is 335 g/mol. The van der Waals surface area contributed by atoms with E-state index < -0.39 is 17.3 Å². The Morgan fingerprint density at radius 3 is 2.46 bits per heavy atom. The number of rotatable bonds is 7. The molecule has 0 bridgehead atoms. The van der Waals surface area contributed by atoms with Crippen LogP contribution < -0.4 is 4.74 Å². The molecule has 1 aromatic carbocycles. The Hall–Kier alpha value is -0.880. The molecule has 0 amide bonds. The van der Waals surface area contributed by atoms with E-state index in [1.807, 2.05) is 25.6 Å². The fourth-order valence-electron chi connectivity index (χ4n) is 3.08. The van der Waals surface area contributed by atoms with Crippen molar-refractivity contribution in [3.05, 3.63) is 29.8 Å². The standard InChI is InChI=1S/C18H26F3NOS/c1-4-24-12-14-9-10-22(11-14)13-17(2,3)23-16-7-5-15(6-8-16)18(19,20)21/h5-8,14H,4,9-13H2,1-3H3. The number of benzene rings is 1. The maximum atomic E-state index is 12.6. The molecule has 0 N–H and O–H groups in total. The lowest BCUT2D eigenvalue weighted by Crippen LogP contribution is -2.42. The summed E-state index contributed by atoms with van der Waals surface area (Å²) in [5, 5.41) is 0. The Morgan fingerprint density at radius 2 is 1.88 bits per heavy atom. The second-order valence-corrected chi connectivity index (χ2v) is 8.25. The third-order valence-corrected chi connectivity index (χ3v) is 5.22. The predicted molar refractivity (Wildman–Crippen MR) is 93.7 cm³/mol. The number of alkyl halides is 3. The van der Waals surface area contributed by atoms with Crippen LogP contribution in [-0.2, 0) is 6.18 Å². The zero-order valence-electron chi connectivity index (χ0n) is 14.5. The van der Waals surface area contributed by atoms with Crippen molar-refractivity contribution in [1.29, 1.82) is 0 Å². The van der Waals surface area contributed by atoms with Crippen LogP contribution in [0.1, 0.15) is 32.8 Å². The van der Waals surface area contributed by atoms with Gasteiger partial charge in [0.1, 0.15) is 11.4 Å². The summed E-state index contributed by atoms with van der Waals surface area (Å²) in [6.07, 6.45) is -3.10. The van der Waals surface area contributed by atoms with Gasteiger partial charge in [0.2, 0.25) is 0 Å². The van der Waals surface area contributed by atoms with E-state index in [1.54, 1.807) is 0 Å². The van der Waals surface area contributed by atoms with Crippen molar-refractivity contribution in [3.63, 3.8) is 0 Å². The number of hydrogen-bond acceptors (Lipinski definition) is 3. The van der Waals surface area contributed by atoms with E-state index in [2.05, 4.69) is 11.8 Å². The predicted octanol–water partition coefficient (Wildman–Crippen LogP) is 4.94. The van der Waals surface area contributed by atoms with Gasteiger partial charge in [0.05, 0.1) is 5.56 Å². The van der Waals surface area contributed by atoms with Gasteiger partial charge >= 0.3 is 6.18 Å². The lowest BCUT2D eigenvalue weighted by Gasteiger charge is -2.31. The molecule has 1 aliphatic rings. The summed E-state index contributed by atoms with van der Waals surface area (Å²) in [5.74, 6) is 3.56. The minimum absolute atomic E-state index is 0.438. The first kappa shape index (κ1) is 19.4. The molecule has 1 aliphatic heterocycles. The van der Waals surface area contributed by atoms with Gasteiger partial charge in [-0.3, -0.25) is 4.90 Å². The number of likely N-dealkylation sites (tertiary alicyclic amines) is 1. The Labute approximate surface area is 146 Å². The zero-order chi connectivity index (χ0) is 17.8. The van der Waals surface area contributed by atoms with Crippen LogP contribution in [0.25, 0.3) is 0 Å². The molecule has 0 radical (unpaired) electrons. The minimum atomic E-state index is -4.31. The highest BCUT2D eigenvalue weighted by molar-refractivity contribution is 7.99. The van der Waals surface area contributed by atoms with E-state index in [0.29, 0.717) is 5.75 Å². The van der Waals surface area contributed by atoms with Gasteiger partial charge in [-0.25, -0.2) is 0 Å². The minimum Gasteiger partial charge on any atom is -0.487 e. The summed E-state index contributed by atoms with van der Waals surface area (Å²) in [6.45, 7) is 9.07.